The maximum Gasteiger partial charge on any atom is 0.248 e. The number of hydrogen-bond donors (Lipinski definition) is 0. The largest absolute Gasteiger partial charge is 0.420 e. The first-order valence-electron chi connectivity index (χ1n) is 8.11. The Kier molecular flexibility index (Phi) is 4.40. The minimum atomic E-state index is -0.185. The molecule has 0 bridgehead atoms. The van der Waals surface area contributed by atoms with E-state index in [0.29, 0.717) is 11.8 Å². The number of halogens is 1. The highest BCUT2D eigenvalue weighted by Crippen LogP contribution is 2.30. The Hall–Kier alpha value is -2.05. The minimum absolute atomic E-state index is 0.185. The predicted molar refractivity (Wildman–Crippen MR) is 91.3 cm³/mol. The highest BCUT2D eigenvalue weighted by atomic mass is 32.1. The van der Waals surface area contributed by atoms with Crippen LogP contribution in [-0.4, -0.2) is 28.2 Å². The van der Waals surface area contributed by atoms with Crippen LogP contribution in [0.15, 0.2) is 45.5 Å². The summed E-state index contributed by atoms with van der Waals surface area (Å²) >= 11 is 1.62. The quantitative estimate of drug-likeness (QED) is 0.708. The molecule has 1 aromatic carbocycles. The van der Waals surface area contributed by atoms with E-state index in [2.05, 4.69) is 15.1 Å². The molecule has 124 valence electrons. The van der Waals surface area contributed by atoms with Crippen molar-refractivity contribution < 1.29 is 8.81 Å². The third kappa shape index (κ3) is 3.39. The van der Waals surface area contributed by atoms with Gasteiger partial charge < -0.3 is 4.42 Å². The minimum Gasteiger partial charge on any atom is -0.420 e. The van der Waals surface area contributed by atoms with Crippen LogP contribution in [0.25, 0.3) is 11.5 Å². The van der Waals surface area contributed by atoms with E-state index in [1.807, 2.05) is 29.0 Å². The lowest BCUT2D eigenvalue weighted by Gasteiger charge is -2.30. The summed E-state index contributed by atoms with van der Waals surface area (Å²) in [6, 6.07) is 8.74. The van der Waals surface area contributed by atoms with E-state index in [1.165, 1.54) is 12.1 Å². The van der Waals surface area contributed by atoms with E-state index in [0.717, 1.165) is 49.5 Å². The molecule has 1 aliphatic rings. The lowest BCUT2D eigenvalue weighted by Crippen LogP contribution is -2.32. The fraction of sp³-hybridized carbons (Fsp3) is 0.333. The van der Waals surface area contributed by atoms with Gasteiger partial charge in [0.1, 0.15) is 5.82 Å². The maximum atomic E-state index is 13.0. The Morgan fingerprint density at radius 3 is 2.62 bits per heavy atom. The molecule has 4 rings (SSSR count). The molecule has 6 heteroatoms. The number of rotatable bonds is 4. The summed E-state index contributed by atoms with van der Waals surface area (Å²) < 4.78 is 18.8. The van der Waals surface area contributed by atoms with Crippen molar-refractivity contribution in [3.8, 4) is 11.5 Å². The number of piperidine rings is 1. The van der Waals surface area contributed by atoms with Crippen molar-refractivity contribution >= 4 is 11.3 Å². The Morgan fingerprint density at radius 1 is 1.12 bits per heavy atom. The molecule has 1 saturated heterocycles. The van der Waals surface area contributed by atoms with Crippen molar-refractivity contribution in [2.24, 2.45) is 0 Å². The van der Waals surface area contributed by atoms with Crippen LogP contribution in [0.3, 0.4) is 0 Å². The molecule has 1 fully saturated rings. The molecule has 0 N–H and O–H groups in total. The first-order valence-corrected chi connectivity index (χ1v) is 9.05. The molecule has 0 spiro atoms. The molecule has 3 aromatic rings. The van der Waals surface area contributed by atoms with Gasteiger partial charge in [-0.25, -0.2) is 4.39 Å². The molecular formula is C18H18FN3OS. The van der Waals surface area contributed by atoms with Crippen LogP contribution in [0.5, 0.6) is 0 Å². The number of thiophene rings is 1. The van der Waals surface area contributed by atoms with Gasteiger partial charge in [0.05, 0.1) is 0 Å². The second kappa shape index (κ2) is 6.83. The summed E-state index contributed by atoms with van der Waals surface area (Å²) in [6.07, 6.45) is 2.01. The van der Waals surface area contributed by atoms with Crippen molar-refractivity contribution in [1.29, 1.82) is 0 Å². The molecule has 0 saturated carbocycles. The standard InChI is InChI=1S/C18H18FN3OS/c19-16-3-1-13(2-4-16)11-22-8-5-14(6-9-22)17-20-21-18(23-17)15-7-10-24-12-15/h1-4,7,10,12,14H,5-6,8-9,11H2. The van der Waals surface area contributed by atoms with Crippen LogP contribution in [-0.2, 0) is 6.54 Å². The van der Waals surface area contributed by atoms with Crippen LogP contribution in [0, 0.1) is 5.82 Å². The Labute approximate surface area is 143 Å². The molecule has 0 atom stereocenters. The zero-order valence-corrected chi connectivity index (χ0v) is 14.0. The third-order valence-corrected chi connectivity index (χ3v) is 5.15. The van der Waals surface area contributed by atoms with Crippen molar-refractivity contribution in [3.63, 3.8) is 0 Å². The lowest BCUT2D eigenvalue weighted by atomic mass is 9.96. The second-order valence-electron chi connectivity index (χ2n) is 6.13. The zero-order chi connectivity index (χ0) is 16.4. The van der Waals surface area contributed by atoms with Gasteiger partial charge in [-0.3, -0.25) is 4.90 Å². The molecule has 1 aliphatic heterocycles. The van der Waals surface area contributed by atoms with Gasteiger partial charge in [0, 0.05) is 23.4 Å². The smallest absolute Gasteiger partial charge is 0.248 e. The fourth-order valence-corrected chi connectivity index (χ4v) is 3.72. The summed E-state index contributed by atoms with van der Waals surface area (Å²) in [7, 11) is 0. The predicted octanol–water partition coefficient (Wildman–Crippen LogP) is 4.32. The third-order valence-electron chi connectivity index (χ3n) is 4.47. The average molecular weight is 343 g/mol. The first-order chi connectivity index (χ1) is 11.8. The van der Waals surface area contributed by atoms with E-state index in [1.54, 1.807) is 11.3 Å². The van der Waals surface area contributed by atoms with Crippen molar-refractivity contribution in [2.45, 2.75) is 25.3 Å². The SMILES string of the molecule is Fc1ccc(CN2CCC(c3nnc(-c4ccsc4)o3)CC2)cc1. The number of nitrogens with zero attached hydrogens (tertiary/aromatic N) is 3. The van der Waals surface area contributed by atoms with Gasteiger partial charge >= 0.3 is 0 Å². The van der Waals surface area contributed by atoms with Gasteiger partial charge in [0.15, 0.2) is 0 Å². The zero-order valence-electron chi connectivity index (χ0n) is 13.2. The molecule has 4 nitrogen and oxygen atoms in total. The maximum absolute atomic E-state index is 13.0. The normalized spacial score (nSPS) is 16.5. The van der Waals surface area contributed by atoms with Gasteiger partial charge in [0.25, 0.3) is 0 Å². The monoisotopic (exact) mass is 343 g/mol. The van der Waals surface area contributed by atoms with Gasteiger partial charge in [-0.2, -0.15) is 11.3 Å². The molecule has 3 heterocycles. The molecule has 2 aromatic heterocycles. The van der Waals surface area contributed by atoms with Gasteiger partial charge in [0.2, 0.25) is 11.8 Å². The van der Waals surface area contributed by atoms with Gasteiger partial charge in [-0.1, -0.05) is 12.1 Å². The molecular weight excluding hydrogens is 325 g/mol. The van der Waals surface area contributed by atoms with Crippen LogP contribution in [0.2, 0.25) is 0 Å². The summed E-state index contributed by atoms with van der Waals surface area (Å²) in [4.78, 5) is 2.39. The lowest BCUT2D eigenvalue weighted by molar-refractivity contribution is 0.193. The van der Waals surface area contributed by atoms with Crippen molar-refractivity contribution in [1.82, 2.24) is 15.1 Å². The van der Waals surface area contributed by atoms with Gasteiger partial charge in [-0.05, 0) is 55.1 Å². The van der Waals surface area contributed by atoms with Crippen molar-refractivity contribution in [3.05, 3.63) is 58.4 Å². The number of aromatic nitrogens is 2. The number of benzene rings is 1. The van der Waals surface area contributed by atoms with Crippen molar-refractivity contribution in [2.75, 3.05) is 13.1 Å². The summed E-state index contributed by atoms with van der Waals surface area (Å²) in [5, 5.41) is 12.4. The fourth-order valence-electron chi connectivity index (χ4n) is 3.09. The average Bonchev–Trinajstić information content (AvgIpc) is 3.29. The van der Waals surface area contributed by atoms with E-state index in [4.69, 9.17) is 4.42 Å². The highest BCUT2D eigenvalue weighted by molar-refractivity contribution is 7.08. The second-order valence-corrected chi connectivity index (χ2v) is 6.91. The van der Waals surface area contributed by atoms with Crippen LogP contribution < -0.4 is 0 Å². The Balaban J connectivity index is 1.35. The van der Waals surface area contributed by atoms with Crippen LogP contribution in [0.1, 0.15) is 30.2 Å². The van der Waals surface area contributed by atoms with Crippen LogP contribution >= 0.6 is 11.3 Å². The number of likely N-dealkylation sites (tertiary alicyclic amines) is 1. The first kappa shape index (κ1) is 15.5. The Bertz CT molecular complexity index is 777. The van der Waals surface area contributed by atoms with E-state index < -0.39 is 0 Å². The summed E-state index contributed by atoms with van der Waals surface area (Å²) in [5.74, 6) is 1.50. The topological polar surface area (TPSA) is 42.2 Å². The molecule has 0 radical (unpaired) electrons. The highest BCUT2D eigenvalue weighted by Gasteiger charge is 2.25. The molecule has 0 aliphatic carbocycles. The number of hydrogen-bond acceptors (Lipinski definition) is 5. The molecule has 0 unspecified atom stereocenters. The molecule has 0 amide bonds. The Morgan fingerprint density at radius 2 is 1.92 bits per heavy atom. The van der Waals surface area contributed by atoms with Gasteiger partial charge in [-0.15, -0.1) is 10.2 Å². The van der Waals surface area contributed by atoms with E-state index >= 15 is 0 Å². The molecule has 24 heavy (non-hydrogen) atoms. The van der Waals surface area contributed by atoms with E-state index in [-0.39, 0.29) is 5.82 Å². The van der Waals surface area contributed by atoms with E-state index in [9.17, 15) is 4.39 Å². The van der Waals surface area contributed by atoms with Crippen LogP contribution in [0.4, 0.5) is 4.39 Å². The summed E-state index contributed by atoms with van der Waals surface area (Å²) in [5.41, 5.74) is 2.14. The summed E-state index contributed by atoms with van der Waals surface area (Å²) in [6.45, 7) is 2.83.